The smallest absolute Gasteiger partial charge is 0.496 e. The van der Waals surface area contributed by atoms with Gasteiger partial charge in [0, 0.05) is 59.3 Å². The van der Waals surface area contributed by atoms with E-state index in [0.717, 1.165) is 61.0 Å². The van der Waals surface area contributed by atoms with Crippen LogP contribution in [0.5, 0.6) is 5.75 Å². The number of aryl methyl sites for hydroxylation is 1. The van der Waals surface area contributed by atoms with Crippen LogP contribution in [0.25, 0.3) is 12.2 Å². The van der Waals surface area contributed by atoms with E-state index in [9.17, 15) is 4.79 Å². The van der Waals surface area contributed by atoms with Crippen LogP contribution in [-0.2, 0) is 22.0 Å². The zero-order valence-electron chi connectivity index (χ0n) is 31.6. The van der Waals surface area contributed by atoms with Gasteiger partial charge in [0.1, 0.15) is 5.75 Å². The molecule has 2 aliphatic heterocycles. The molecule has 2 aromatic rings. The molecule has 48 heavy (non-hydrogen) atoms. The van der Waals surface area contributed by atoms with Gasteiger partial charge in [0.25, 0.3) is 0 Å². The molecule has 7 heteroatoms. The van der Waals surface area contributed by atoms with Crippen molar-refractivity contribution >= 4 is 31.3 Å². The van der Waals surface area contributed by atoms with Crippen molar-refractivity contribution in [3.8, 4) is 5.75 Å². The number of nitrogens with one attached hydrogen (secondary N) is 1. The number of hydrogen-bond donors (Lipinski definition) is 1. The summed E-state index contributed by atoms with van der Waals surface area (Å²) in [5, 5.41) is 3.17. The lowest BCUT2D eigenvalue weighted by Crippen LogP contribution is -2.32. The van der Waals surface area contributed by atoms with Crippen molar-refractivity contribution in [1.29, 1.82) is 0 Å². The van der Waals surface area contributed by atoms with E-state index < -0.39 is 0 Å². The van der Waals surface area contributed by atoms with Gasteiger partial charge in [-0.3, -0.25) is 9.28 Å². The molecule has 0 bridgehead atoms. The number of amides is 1. The molecule has 0 unspecified atom stereocenters. The van der Waals surface area contributed by atoms with E-state index in [-0.39, 0.29) is 16.7 Å². The summed E-state index contributed by atoms with van der Waals surface area (Å²) in [5.74, 6) is 1.06. The fraction of sp³-hybridized carbons (Fsp3) is 0.561. The average Bonchev–Trinajstić information content (AvgIpc) is 3.58. The van der Waals surface area contributed by atoms with Gasteiger partial charge in [0.15, 0.2) is 11.4 Å². The fourth-order valence-corrected chi connectivity index (χ4v) is 6.49. The lowest BCUT2D eigenvalue weighted by Gasteiger charge is -2.28. The quantitative estimate of drug-likeness (QED) is 0.147. The molecule has 259 valence electrons. The number of benzene rings is 1. The molecule has 1 amide bonds. The van der Waals surface area contributed by atoms with Gasteiger partial charge in [-0.1, -0.05) is 74.3 Å². The molecule has 0 saturated carbocycles. The molecule has 0 spiro atoms. The molecule has 1 aromatic carbocycles. The van der Waals surface area contributed by atoms with Crippen molar-refractivity contribution in [2.45, 2.75) is 118 Å². The highest BCUT2D eigenvalue weighted by Gasteiger charge is 2.35. The molecule has 3 heterocycles. The Labute approximate surface area is 292 Å². The lowest BCUT2D eigenvalue weighted by molar-refractivity contribution is -0.313. The molecule has 1 aromatic heterocycles. The SMILES string of the molecule is CCCCN(CCCC)CCCNC(=O)CCc1ccc2n1[B][N+]1=C(C=Cc3cc(C(C)(C)C)cc(C(C)(C)C)c3OC)C=C(C)C1=C2. The predicted octanol–water partition coefficient (Wildman–Crippen LogP) is 8.30. The number of unbranched alkanes of at least 4 members (excludes halogenated alkanes) is 2. The third-order valence-electron chi connectivity index (χ3n) is 9.52. The first-order chi connectivity index (χ1) is 22.8. The molecule has 0 saturated heterocycles. The highest BCUT2D eigenvalue weighted by molar-refractivity contribution is 6.29. The number of aromatic nitrogens is 1. The molecule has 1 radical (unpaired) electrons. The Morgan fingerprint density at radius 1 is 0.958 bits per heavy atom. The maximum atomic E-state index is 12.8. The van der Waals surface area contributed by atoms with E-state index in [4.69, 9.17) is 4.74 Å². The maximum Gasteiger partial charge on any atom is 0.700 e. The van der Waals surface area contributed by atoms with Gasteiger partial charge in [0.05, 0.1) is 7.11 Å². The van der Waals surface area contributed by atoms with Crippen molar-refractivity contribution in [3.05, 3.63) is 75.8 Å². The van der Waals surface area contributed by atoms with Crippen molar-refractivity contribution in [1.82, 2.24) is 14.7 Å². The van der Waals surface area contributed by atoms with Gasteiger partial charge < -0.3 is 19.4 Å². The Bertz CT molecular complexity index is 1550. The van der Waals surface area contributed by atoms with Gasteiger partial charge in [0.2, 0.25) is 5.91 Å². The Kier molecular flexibility index (Phi) is 12.8. The summed E-state index contributed by atoms with van der Waals surface area (Å²) < 4.78 is 10.5. The minimum absolute atomic E-state index is 0.0181. The number of allylic oxidation sites excluding steroid dienone is 3. The first-order valence-corrected chi connectivity index (χ1v) is 18.3. The molecule has 2 aliphatic rings. The molecule has 0 fully saturated rings. The number of rotatable bonds is 16. The molecule has 0 atom stereocenters. The number of carbonyl (C=O) groups excluding carboxylic acids is 1. The van der Waals surface area contributed by atoms with E-state index in [0.29, 0.717) is 12.8 Å². The van der Waals surface area contributed by atoms with E-state index in [2.05, 4.69) is 138 Å². The minimum Gasteiger partial charge on any atom is -0.496 e. The average molecular weight is 653 g/mol. The first kappa shape index (κ1) is 37.5. The molecule has 1 N–H and O–H groups in total. The van der Waals surface area contributed by atoms with Crippen LogP contribution in [-0.4, -0.2) is 66.3 Å². The highest BCUT2D eigenvalue weighted by atomic mass is 16.5. The van der Waals surface area contributed by atoms with E-state index in [1.54, 1.807) is 7.11 Å². The largest absolute Gasteiger partial charge is 0.700 e. The van der Waals surface area contributed by atoms with Gasteiger partial charge in [-0.2, -0.15) is 0 Å². The number of ether oxygens (including phenoxy) is 1. The molecule has 6 nitrogen and oxygen atoms in total. The van der Waals surface area contributed by atoms with Crippen molar-refractivity contribution in [2.75, 3.05) is 33.3 Å². The summed E-state index contributed by atoms with van der Waals surface area (Å²) in [6, 6.07) is 8.90. The number of methoxy groups -OCH3 is 1. The van der Waals surface area contributed by atoms with Crippen molar-refractivity contribution in [2.24, 2.45) is 0 Å². The van der Waals surface area contributed by atoms with E-state index in [1.807, 2.05) is 0 Å². The van der Waals surface area contributed by atoms with Crippen LogP contribution in [0.3, 0.4) is 0 Å². The summed E-state index contributed by atoms with van der Waals surface area (Å²) in [7, 11) is 3.95. The number of hydrogen-bond acceptors (Lipinski definition) is 3. The lowest BCUT2D eigenvalue weighted by atomic mass is 9.79. The maximum absolute atomic E-state index is 12.8. The van der Waals surface area contributed by atoms with Gasteiger partial charge >= 0.3 is 7.55 Å². The fourth-order valence-electron chi connectivity index (χ4n) is 6.49. The minimum atomic E-state index is -0.0510. The highest BCUT2D eigenvalue weighted by Crippen LogP contribution is 2.39. The molecular weight excluding hydrogens is 591 g/mol. The third-order valence-corrected chi connectivity index (χ3v) is 9.52. The van der Waals surface area contributed by atoms with Crippen LogP contribution < -0.4 is 10.1 Å². The summed E-state index contributed by atoms with van der Waals surface area (Å²) >= 11 is 0. The van der Waals surface area contributed by atoms with Crippen LogP contribution >= 0.6 is 0 Å². The molecule has 0 aliphatic carbocycles. The van der Waals surface area contributed by atoms with E-state index >= 15 is 0 Å². The molecular formula is C41H61BN4O2+. The predicted molar refractivity (Wildman–Crippen MR) is 204 cm³/mol. The van der Waals surface area contributed by atoms with Crippen LogP contribution in [0.15, 0.2) is 47.7 Å². The zero-order valence-corrected chi connectivity index (χ0v) is 31.6. The van der Waals surface area contributed by atoms with Gasteiger partial charge in [-0.15, -0.1) is 0 Å². The molecule has 4 rings (SSSR count). The summed E-state index contributed by atoms with van der Waals surface area (Å²) in [5.41, 5.74) is 9.38. The van der Waals surface area contributed by atoms with Gasteiger partial charge in [-0.25, -0.2) is 0 Å². The number of carbonyl (C=O) groups is 1. The Hall–Kier alpha value is -3.32. The Morgan fingerprint density at radius 3 is 2.27 bits per heavy atom. The van der Waals surface area contributed by atoms with Crippen LogP contribution in [0, 0.1) is 0 Å². The Balaban J connectivity index is 1.45. The van der Waals surface area contributed by atoms with Crippen LogP contribution in [0.2, 0.25) is 0 Å². The summed E-state index contributed by atoms with van der Waals surface area (Å²) in [6.07, 6.45) is 16.0. The number of nitrogens with zero attached hydrogens (tertiary/aromatic N) is 3. The second-order valence-corrected chi connectivity index (χ2v) is 15.6. The third kappa shape index (κ3) is 9.43. The first-order valence-electron chi connectivity index (χ1n) is 18.3. The van der Waals surface area contributed by atoms with Crippen LogP contribution in [0.1, 0.15) is 129 Å². The van der Waals surface area contributed by atoms with Crippen molar-refractivity contribution < 1.29 is 14.0 Å². The van der Waals surface area contributed by atoms with Gasteiger partial charge in [-0.05, 0) is 92.9 Å². The normalized spacial score (nSPS) is 14.6. The topological polar surface area (TPSA) is 49.5 Å². The zero-order chi connectivity index (χ0) is 35.1. The summed E-state index contributed by atoms with van der Waals surface area (Å²) in [6.45, 7) is 24.3. The number of fused-ring (bicyclic) bond motifs is 2. The van der Waals surface area contributed by atoms with Crippen LogP contribution in [0.4, 0.5) is 0 Å². The van der Waals surface area contributed by atoms with E-state index in [1.165, 1.54) is 48.1 Å². The van der Waals surface area contributed by atoms with Crippen molar-refractivity contribution in [3.63, 3.8) is 0 Å². The Morgan fingerprint density at radius 2 is 1.65 bits per heavy atom. The second-order valence-electron chi connectivity index (χ2n) is 15.6. The second kappa shape index (κ2) is 16.4. The summed E-state index contributed by atoms with van der Waals surface area (Å²) in [4.78, 5) is 15.4. The monoisotopic (exact) mass is 652 g/mol. The standard InChI is InChI=1S/C41H61BN4O2/c1-11-13-23-44(24-14-12-2)25-15-22-43-38(47)21-20-33-18-19-35-29-37-30(3)26-34(46(37)42-45(33)35)17-16-31-27-32(40(4,5)6)28-36(39(31)48-10)41(7,8)9/h16-19,26-29H,11-15,20-25H2,1-10H3,(H,43,47)/q+1.